The van der Waals surface area contributed by atoms with Gasteiger partial charge in [-0.1, -0.05) is 23.8 Å². The van der Waals surface area contributed by atoms with Crippen molar-refractivity contribution in [2.24, 2.45) is 0 Å². The van der Waals surface area contributed by atoms with Gasteiger partial charge in [-0.15, -0.1) is 0 Å². The van der Waals surface area contributed by atoms with Gasteiger partial charge in [-0.3, -0.25) is 4.79 Å². The molecule has 0 N–H and O–H groups in total. The molecule has 1 amide bonds. The van der Waals surface area contributed by atoms with Crippen LogP contribution in [-0.2, 0) is 21.4 Å². The fourth-order valence-corrected chi connectivity index (χ4v) is 4.44. The van der Waals surface area contributed by atoms with Crippen molar-refractivity contribution in [2.75, 3.05) is 26.2 Å². The number of pyridine rings is 1. The molecule has 0 saturated carbocycles. The summed E-state index contributed by atoms with van der Waals surface area (Å²) in [5.41, 5.74) is 2.04. The van der Waals surface area contributed by atoms with Gasteiger partial charge in [0, 0.05) is 45.2 Å². The van der Waals surface area contributed by atoms with Crippen molar-refractivity contribution in [1.82, 2.24) is 9.21 Å². The van der Waals surface area contributed by atoms with Crippen molar-refractivity contribution in [1.29, 1.82) is 0 Å². The molecule has 2 aromatic rings. The van der Waals surface area contributed by atoms with E-state index in [0.29, 0.717) is 31.1 Å². The molecule has 3 rings (SSSR count). The number of carbonyl (C=O) groups excluding carboxylic acids is 1. The molecule has 1 aliphatic rings. The maximum absolute atomic E-state index is 12.7. The predicted octanol–water partition coefficient (Wildman–Crippen LogP) is 1.12. The topological polar surface area (TPSA) is 61.6 Å². The molecule has 26 heavy (non-hydrogen) atoms. The molecule has 1 fully saturated rings. The van der Waals surface area contributed by atoms with Crippen LogP contribution in [0.25, 0.3) is 0 Å². The van der Waals surface area contributed by atoms with Crippen molar-refractivity contribution in [3.63, 3.8) is 0 Å². The van der Waals surface area contributed by atoms with Gasteiger partial charge in [-0.05, 0) is 19.1 Å². The summed E-state index contributed by atoms with van der Waals surface area (Å²) < 4.78 is 28.8. The lowest BCUT2D eigenvalue weighted by Gasteiger charge is -2.33. The number of carbonyl (C=O) groups is 1. The number of hydrogen-bond donors (Lipinski definition) is 0. The minimum Gasteiger partial charge on any atom is -0.335 e. The Morgan fingerprint density at radius 3 is 2.27 bits per heavy atom. The van der Waals surface area contributed by atoms with E-state index < -0.39 is 10.0 Å². The van der Waals surface area contributed by atoms with Crippen LogP contribution in [0.3, 0.4) is 0 Å². The van der Waals surface area contributed by atoms with Crippen LogP contribution in [0, 0.1) is 13.8 Å². The average molecular weight is 374 g/mol. The van der Waals surface area contributed by atoms with E-state index in [4.69, 9.17) is 0 Å². The Kier molecular flexibility index (Phi) is 5.38. The molecule has 0 unspecified atom stereocenters. The summed E-state index contributed by atoms with van der Waals surface area (Å²) in [4.78, 5) is 14.6. The number of rotatable bonds is 4. The average Bonchev–Trinajstić information content (AvgIpc) is 2.64. The summed E-state index contributed by atoms with van der Waals surface area (Å²) >= 11 is 0. The zero-order chi connectivity index (χ0) is 18.7. The number of aromatic nitrogens is 1. The monoisotopic (exact) mass is 374 g/mol. The third-order valence-electron chi connectivity index (χ3n) is 4.72. The highest BCUT2D eigenvalue weighted by Gasteiger charge is 2.31. The summed E-state index contributed by atoms with van der Waals surface area (Å²) in [5, 5.41) is 0. The molecule has 1 aliphatic heterocycles. The minimum atomic E-state index is -3.50. The number of amides is 1. The lowest BCUT2D eigenvalue weighted by molar-refractivity contribution is -0.691. The van der Waals surface area contributed by atoms with Crippen LogP contribution < -0.4 is 4.57 Å². The van der Waals surface area contributed by atoms with Gasteiger partial charge in [-0.2, -0.15) is 8.87 Å². The summed E-state index contributed by atoms with van der Waals surface area (Å²) in [6, 6.07) is 12.7. The first-order valence-electron chi connectivity index (χ1n) is 8.67. The van der Waals surface area contributed by atoms with Crippen molar-refractivity contribution < 1.29 is 17.8 Å². The van der Waals surface area contributed by atoms with Gasteiger partial charge in [0.2, 0.25) is 16.6 Å². The molecule has 2 heterocycles. The molecule has 1 aromatic heterocycles. The molecule has 0 radical (unpaired) electrons. The fraction of sp³-hybridized carbons (Fsp3) is 0.368. The maximum Gasteiger partial charge on any atom is 0.288 e. The van der Waals surface area contributed by atoms with Crippen molar-refractivity contribution in [2.45, 2.75) is 25.3 Å². The van der Waals surface area contributed by atoms with Gasteiger partial charge in [0.05, 0.1) is 4.90 Å². The second-order valence-corrected chi connectivity index (χ2v) is 8.51. The Bertz CT molecular complexity index is 887. The lowest BCUT2D eigenvalue weighted by atomic mass is 10.2. The van der Waals surface area contributed by atoms with Gasteiger partial charge in [0.25, 0.3) is 5.91 Å². The third kappa shape index (κ3) is 3.94. The highest BCUT2D eigenvalue weighted by atomic mass is 32.2. The SMILES string of the molecule is Cc1ccc(S(=O)(=O)N2CCN(C(=O)C[n+]3ccccc3C)CC2)cc1. The molecule has 138 valence electrons. The van der Waals surface area contributed by atoms with E-state index in [2.05, 4.69) is 0 Å². The smallest absolute Gasteiger partial charge is 0.288 e. The number of nitrogens with zero attached hydrogens (tertiary/aromatic N) is 3. The van der Waals surface area contributed by atoms with Crippen molar-refractivity contribution >= 4 is 15.9 Å². The van der Waals surface area contributed by atoms with Gasteiger partial charge in [-0.25, -0.2) is 8.42 Å². The molecule has 0 atom stereocenters. The molecule has 0 spiro atoms. The molecular formula is C19H24N3O3S+. The minimum absolute atomic E-state index is 0.0108. The zero-order valence-corrected chi connectivity index (χ0v) is 15.9. The first-order valence-corrected chi connectivity index (χ1v) is 10.1. The zero-order valence-electron chi connectivity index (χ0n) is 15.1. The highest BCUT2D eigenvalue weighted by molar-refractivity contribution is 7.89. The van der Waals surface area contributed by atoms with E-state index in [1.807, 2.05) is 42.8 Å². The van der Waals surface area contributed by atoms with Gasteiger partial charge in [0.1, 0.15) is 0 Å². The summed E-state index contributed by atoms with van der Waals surface area (Å²) in [7, 11) is -3.50. The molecule has 1 aromatic carbocycles. The van der Waals surface area contributed by atoms with Gasteiger partial charge >= 0.3 is 0 Å². The second-order valence-electron chi connectivity index (χ2n) is 6.57. The first kappa shape index (κ1) is 18.5. The Balaban J connectivity index is 1.62. The number of sulfonamides is 1. The van der Waals surface area contributed by atoms with Crippen molar-refractivity contribution in [3.8, 4) is 0 Å². The third-order valence-corrected chi connectivity index (χ3v) is 6.64. The Hall–Kier alpha value is -2.25. The summed E-state index contributed by atoms with van der Waals surface area (Å²) in [6.07, 6.45) is 1.88. The number of piperazine rings is 1. The van der Waals surface area contributed by atoms with Crippen LogP contribution in [0.1, 0.15) is 11.3 Å². The lowest BCUT2D eigenvalue weighted by Crippen LogP contribution is -2.54. The summed E-state index contributed by atoms with van der Waals surface area (Å²) in [5.74, 6) is 0.0108. The summed E-state index contributed by atoms with van der Waals surface area (Å²) in [6.45, 7) is 5.62. The number of hydrogen-bond acceptors (Lipinski definition) is 3. The molecule has 7 heteroatoms. The number of benzene rings is 1. The van der Waals surface area contributed by atoms with E-state index in [1.54, 1.807) is 29.2 Å². The largest absolute Gasteiger partial charge is 0.335 e. The fourth-order valence-electron chi connectivity index (χ4n) is 3.02. The van der Waals surface area contributed by atoms with Crippen LogP contribution >= 0.6 is 0 Å². The van der Waals surface area contributed by atoms with Crippen LogP contribution in [0.4, 0.5) is 0 Å². The molecule has 1 saturated heterocycles. The van der Waals surface area contributed by atoms with Crippen LogP contribution in [0.15, 0.2) is 53.6 Å². The first-order chi connectivity index (χ1) is 12.4. The second kappa shape index (κ2) is 7.55. The molecule has 0 bridgehead atoms. The predicted molar refractivity (Wildman–Crippen MR) is 97.9 cm³/mol. The van der Waals surface area contributed by atoms with E-state index in [-0.39, 0.29) is 12.5 Å². The number of aryl methyl sites for hydroxylation is 2. The van der Waals surface area contributed by atoms with Crippen molar-refractivity contribution in [3.05, 3.63) is 59.9 Å². The maximum atomic E-state index is 12.7. The van der Waals surface area contributed by atoms with Crippen LogP contribution in [0.2, 0.25) is 0 Å². The Morgan fingerprint density at radius 1 is 1.00 bits per heavy atom. The molecule has 6 nitrogen and oxygen atoms in total. The quantitative estimate of drug-likeness (QED) is 0.754. The molecule has 0 aliphatic carbocycles. The van der Waals surface area contributed by atoms with Crippen LogP contribution in [0.5, 0.6) is 0 Å². The van der Waals surface area contributed by atoms with E-state index in [1.165, 1.54) is 4.31 Å². The van der Waals surface area contributed by atoms with E-state index in [9.17, 15) is 13.2 Å². The van der Waals surface area contributed by atoms with E-state index >= 15 is 0 Å². The Morgan fingerprint density at radius 2 is 1.65 bits per heavy atom. The molecular weight excluding hydrogens is 350 g/mol. The van der Waals surface area contributed by atoms with Gasteiger partial charge < -0.3 is 4.90 Å². The van der Waals surface area contributed by atoms with E-state index in [0.717, 1.165) is 11.3 Å². The highest BCUT2D eigenvalue weighted by Crippen LogP contribution is 2.18. The normalized spacial score (nSPS) is 15.8. The van der Waals surface area contributed by atoms with Crippen LogP contribution in [-0.4, -0.2) is 49.7 Å². The van der Waals surface area contributed by atoms with Gasteiger partial charge in [0.15, 0.2) is 11.9 Å². The Labute approximate surface area is 154 Å². The standard InChI is InChI=1S/C19H24N3O3S/c1-16-6-8-18(9-7-16)26(24,25)22-13-11-20(12-14-22)19(23)15-21-10-4-3-5-17(21)2/h3-10H,11-15H2,1-2H3/q+1.